The van der Waals surface area contributed by atoms with Gasteiger partial charge < -0.3 is 39.2 Å². The molecule has 388 valence electrons. The summed E-state index contributed by atoms with van der Waals surface area (Å²) in [6, 6.07) is 0.135. The molecule has 4 aromatic rings. The van der Waals surface area contributed by atoms with Crippen molar-refractivity contribution in [2.45, 2.75) is 181 Å². The van der Waals surface area contributed by atoms with Gasteiger partial charge >= 0.3 is 12.2 Å². The molecule has 2 aliphatic carbocycles. The van der Waals surface area contributed by atoms with Gasteiger partial charge in [0, 0.05) is 49.8 Å². The van der Waals surface area contributed by atoms with E-state index in [2.05, 4.69) is 165 Å². The third kappa shape index (κ3) is 15.0. The minimum absolute atomic E-state index is 0.0116. The minimum Gasteiger partial charge on any atom is -0.444 e. The van der Waals surface area contributed by atoms with E-state index in [-0.39, 0.29) is 46.6 Å². The zero-order valence-electron chi connectivity index (χ0n) is 43.5. The molecular formula is C46H77BrI2N10O6S2Si2. The third-order valence-electron chi connectivity index (χ3n) is 14.3. The van der Waals surface area contributed by atoms with Crippen molar-refractivity contribution in [3.63, 3.8) is 0 Å². The highest BCUT2D eigenvalue weighted by Crippen LogP contribution is 2.45. The van der Waals surface area contributed by atoms with Crippen molar-refractivity contribution in [2.24, 2.45) is 23.7 Å². The molecule has 23 heteroatoms. The highest BCUT2D eigenvalue weighted by molar-refractivity contribution is 14.1. The van der Waals surface area contributed by atoms with Crippen LogP contribution in [0.1, 0.15) is 109 Å². The number of nitrogens with one attached hydrogen (secondary N) is 3. The SMILES string of the molecule is Brc1nn2c(I)cnc2s1.CC(C)(C)OC(=O)N[C@@H]1C[C@H](O[Si](C)(C)C(C)(C)C)C[C@@H]2CN(c3nn4c(I)cnc4s3)C[C@@H]21.CC(C)(C)OC(=O)N[C@@H]1C[C@H](O[Si](C)(C)C(C)(C)C)C[C@@H]2CNC[C@@H]21. The van der Waals surface area contributed by atoms with Crippen LogP contribution in [0.5, 0.6) is 0 Å². The lowest BCUT2D eigenvalue weighted by Crippen LogP contribution is -2.53. The summed E-state index contributed by atoms with van der Waals surface area (Å²) in [5, 5.41) is 20.2. The third-order valence-corrected chi connectivity index (χ3v) is 27.2. The Hall–Kier alpha value is -1.21. The van der Waals surface area contributed by atoms with Crippen molar-refractivity contribution in [1.82, 2.24) is 45.1 Å². The Morgan fingerprint density at radius 3 is 1.61 bits per heavy atom. The number of fused-ring (bicyclic) bond motifs is 4. The highest BCUT2D eigenvalue weighted by atomic mass is 127. The molecule has 2 saturated carbocycles. The molecule has 3 N–H and O–H groups in total. The molecule has 0 aromatic carbocycles. The number of anilines is 1. The molecule has 16 nitrogen and oxygen atoms in total. The first-order chi connectivity index (χ1) is 31.7. The summed E-state index contributed by atoms with van der Waals surface area (Å²) in [6.07, 6.45) is 7.16. The number of hydrogen-bond donors (Lipinski definition) is 3. The molecule has 8 rings (SSSR count). The van der Waals surface area contributed by atoms with Gasteiger partial charge in [0.15, 0.2) is 20.6 Å². The molecule has 0 unspecified atom stereocenters. The molecule has 8 atom stereocenters. The molecular weight excluding hydrogens is 1240 g/mol. The Labute approximate surface area is 455 Å². The second-order valence-corrected chi connectivity index (χ2v) is 39.0. The molecule has 4 aliphatic rings. The summed E-state index contributed by atoms with van der Waals surface area (Å²) in [4.78, 5) is 37.8. The van der Waals surface area contributed by atoms with E-state index in [1.54, 1.807) is 22.0 Å². The van der Waals surface area contributed by atoms with Crippen molar-refractivity contribution in [1.29, 1.82) is 0 Å². The number of ether oxygens (including phenoxy) is 2. The van der Waals surface area contributed by atoms with Crippen LogP contribution in [0, 0.1) is 31.1 Å². The van der Waals surface area contributed by atoms with Gasteiger partial charge in [-0.15, -0.1) is 10.2 Å². The van der Waals surface area contributed by atoms with Crippen LogP contribution >= 0.6 is 83.8 Å². The normalized spacial score (nSPS) is 25.6. The van der Waals surface area contributed by atoms with E-state index >= 15 is 0 Å². The lowest BCUT2D eigenvalue weighted by Gasteiger charge is -2.44. The first-order valence-electron chi connectivity index (χ1n) is 24.1. The summed E-state index contributed by atoms with van der Waals surface area (Å²) < 4.78 is 31.3. The van der Waals surface area contributed by atoms with Crippen molar-refractivity contribution in [3.8, 4) is 0 Å². The highest BCUT2D eigenvalue weighted by Gasteiger charge is 2.49. The van der Waals surface area contributed by atoms with E-state index in [0.717, 1.165) is 78.2 Å². The molecule has 4 fully saturated rings. The number of rotatable bonds is 7. The van der Waals surface area contributed by atoms with Gasteiger partial charge in [0.2, 0.25) is 15.1 Å². The van der Waals surface area contributed by atoms with E-state index in [9.17, 15) is 9.59 Å². The standard InChI is InChI=1S/C23H38IN5O3SSi.C19H38N2O3Si.C4HBrIN3S/c1-22(2,3)31-21(30)26-17-10-15(32-34(7,8)23(4,5)6)9-14-12-28(13-16(14)17)20-27-29-18(24)11-25-19(29)33-20;1-18(2,3)23-17(22)21-16-10-14(9-13-11-20-12-15(13)16)24-25(7,8)19(4,5)6;5-3-8-9-2(6)1-7-4(9)10-3/h11,14-17H,9-10,12-13H2,1-8H3,(H,26,30);13-16,20H,9-12H2,1-8H3,(H,21,22);1H/t14-,15-,16+,17-;13-,14-,15+,16-;/m11./s1. The summed E-state index contributed by atoms with van der Waals surface area (Å²) in [7, 11) is -3.73. The van der Waals surface area contributed by atoms with Gasteiger partial charge in [-0.2, -0.15) is 9.03 Å². The summed E-state index contributed by atoms with van der Waals surface area (Å²) >= 11 is 10.9. The zero-order valence-corrected chi connectivity index (χ0v) is 53.0. The lowest BCUT2D eigenvalue weighted by atomic mass is 9.76. The fraction of sp³-hybridized carbons (Fsp3) is 0.783. The van der Waals surface area contributed by atoms with Crippen LogP contribution in [0.4, 0.5) is 14.7 Å². The summed E-state index contributed by atoms with van der Waals surface area (Å²) in [5.41, 5.74) is -0.993. The fourth-order valence-electron chi connectivity index (χ4n) is 9.08. The molecule has 2 aliphatic heterocycles. The van der Waals surface area contributed by atoms with Crippen LogP contribution in [0.25, 0.3) is 9.92 Å². The van der Waals surface area contributed by atoms with E-state index in [0.29, 0.717) is 23.7 Å². The van der Waals surface area contributed by atoms with Gasteiger partial charge in [-0.3, -0.25) is 0 Å². The maximum Gasteiger partial charge on any atom is 0.407 e. The first kappa shape index (κ1) is 57.1. The van der Waals surface area contributed by atoms with Crippen molar-refractivity contribution in [2.75, 3.05) is 31.1 Å². The smallest absolute Gasteiger partial charge is 0.407 e. The van der Waals surface area contributed by atoms with Gasteiger partial charge in [0.05, 0.1) is 12.4 Å². The molecule has 6 heterocycles. The second-order valence-electron chi connectivity index (χ2n) is 24.1. The lowest BCUT2D eigenvalue weighted by molar-refractivity contribution is 0.0337. The number of aromatic nitrogens is 6. The summed E-state index contributed by atoms with van der Waals surface area (Å²) in [6.45, 7) is 38.1. The van der Waals surface area contributed by atoms with Gasteiger partial charge in [-0.05, 0) is 189 Å². The number of amides is 2. The Bertz CT molecular complexity index is 2390. The van der Waals surface area contributed by atoms with Crippen LogP contribution < -0.4 is 20.9 Å². The number of carbonyl (C=O) groups excluding carboxylic acids is 2. The topological polar surface area (TPSA) is 171 Å². The zero-order chi connectivity index (χ0) is 51.2. The van der Waals surface area contributed by atoms with Crippen LogP contribution in [-0.2, 0) is 18.3 Å². The summed E-state index contributed by atoms with van der Waals surface area (Å²) in [5.74, 6) is 1.82. The van der Waals surface area contributed by atoms with Crippen molar-refractivity contribution < 1.29 is 27.9 Å². The number of nitrogens with zero attached hydrogens (tertiary/aromatic N) is 7. The van der Waals surface area contributed by atoms with Crippen LogP contribution in [-0.4, -0.2) is 120 Å². The Balaban J connectivity index is 0.000000194. The number of halogens is 3. The largest absolute Gasteiger partial charge is 0.444 e. The maximum absolute atomic E-state index is 12.7. The Morgan fingerprint density at radius 1 is 0.681 bits per heavy atom. The Kier molecular flexibility index (Phi) is 18.2. The number of hydrogen-bond acceptors (Lipinski definition) is 14. The van der Waals surface area contributed by atoms with Crippen LogP contribution in [0.2, 0.25) is 36.3 Å². The number of alkyl carbamates (subject to hydrolysis) is 2. The predicted molar refractivity (Wildman–Crippen MR) is 303 cm³/mol. The molecule has 0 radical (unpaired) electrons. The van der Waals surface area contributed by atoms with Crippen LogP contribution in [0.15, 0.2) is 16.3 Å². The van der Waals surface area contributed by atoms with Gasteiger partial charge in [-0.25, -0.2) is 19.6 Å². The van der Waals surface area contributed by atoms with E-state index in [1.807, 2.05) is 52.3 Å². The average molecular weight is 1320 g/mol. The van der Waals surface area contributed by atoms with E-state index < -0.39 is 27.8 Å². The quantitative estimate of drug-likeness (QED) is 0.118. The second kappa shape index (κ2) is 21.9. The van der Waals surface area contributed by atoms with E-state index in [4.69, 9.17) is 23.4 Å². The molecule has 0 bridgehead atoms. The fourth-order valence-corrected chi connectivity index (χ4v) is 15.2. The molecule has 2 saturated heterocycles. The van der Waals surface area contributed by atoms with E-state index in [1.165, 1.54) is 11.3 Å². The Morgan fingerprint density at radius 2 is 1.14 bits per heavy atom. The van der Waals surface area contributed by atoms with Crippen molar-refractivity contribution >= 4 is 128 Å². The van der Waals surface area contributed by atoms with Gasteiger partial charge in [0.25, 0.3) is 0 Å². The monoisotopic (exact) mass is 1320 g/mol. The average Bonchev–Trinajstić information content (AvgIpc) is 4.03. The van der Waals surface area contributed by atoms with Gasteiger partial charge in [0.1, 0.15) is 18.6 Å². The number of carbonyl (C=O) groups is 2. The van der Waals surface area contributed by atoms with Crippen molar-refractivity contribution in [3.05, 3.63) is 23.7 Å². The molecule has 0 spiro atoms. The number of imidazole rings is 2. The minimum atomic E-state index is -1.92. The predicted octanol–water partition coefficient (Wildman–Crippen LogP) is 11.6. The molecule has 2 amide bonds. The van der Waals surface area contributed by atoms with Gasteiger partial charge in [-0.1, -0.05) is 64.2 Å². The molecule has 69 heavy (non-hydrogen) atoms. The molecule has 4 aromatic heterocycles. The van der Waals surface area contributed by atoms with Crippen LogP contribution in [0.3, 0.4) is 0 Å². The first-order valence-corrected chi connectivity index (χ1v) is 34.5. The maximum atomic E-state index is 12.7.